The van der Waals surface area contributed by atoms with E-state index in [0.717, 1.165) is 37.8 Å². The first-order valence-electron chi connectivity index (χ1n) is 7.67. The fourth-order valence-corrected chi connectivity index (χ4v) is 2.69. The third kappa shape index (κ3) is 3.82. The number of piperidine rings is 1. The zero-order chi connectivity index (χ0) is 14.5. The van der Waals surface area contributed by atoms with E-state index in [0.29, 0.717) is 5.92 Å². The number of rotatable bonds is 5. The van der Waals surface area contributed by atoms with Crippen LogP contribution in [0.2, 0.25) is 0 Å². The molecule has 0 spiro atoms. The van der Waals surface area contributed by atoms with Crippen LogP contribution in [-0.2, 0) is 0 Å². The standard InChI is InChI=1S/C15H26N4O/c1-4-16-9-12-6-5-7-19(10-12)13-8-14(20)18-15(17-13)11(2)3/h8,11-12,16H,4-7,9-10H2,1-3H3,(H,17,18,20). The first kappa shape index (κ1) is 15.0. The molecule has 0 aromatic carbocycles. The molecule has 1 aromatic rings. The number of anilines is 1. The van der Waals surface area contributed by atoms with Crippen LogP contribution in [0.4, 0.5) is 5.82 Å². The molecular weight excluding hydrogens is 252 g/mol. The second-order valence-corrected chi connectivity index (χ2v) is 5.91. The minimum atomic E-state index is -0.0486. The van der Waals surface area contributed by atoms with Crippen LogP contribution in [0.25, 0.3) is 0 Å². The maximum Gasteiger partial charge on any atom is 0.252 e. The molecule has 1 aromatic heterocycles. The van der Waals surface area contributed by atoms with Crippen LogP contribution in [0, 0.1) is 5.92 Å². The topological polar surface area (TPSA) is 61.0 Å². The molecule has 0 bridgehead atoms. The summed E-state index contributed by atoms with van der Waals surface area (Å²) in [6.45, 7) is 10.3. The molecule has 1 unspecified atom stereocenters. The second kappa shape index (κ2) is 6.88. The van der Waals surface area contributed by atoms with Crippen LogP contribution in [0.15, 0.2) is 10.9 Å². The van der Waals surface area contributed by atoms with Crippen molar-refractivity contribution >= 4 is 5.82 Å². The molecule has 2 heterocycles. The highest BCUT2D eigenvalue weighted by Gasteiger charge is 2.21. The molecule has 112 valence electrons. The van der Waals surface area contributed by atoms with Gasteiger partial charge in [-0.1, -0.05) is 20.8 Å². The van der Waals surface area contributed by atoms with E-state index in [1.54, 1.807) is 6.07 Å². The lowest BCUT2D eigenvalue weighted by molar-refractivity contribution is 0.393. The average molecular weight is 278 g/mol. The van der Waals surface area contributed by atoms with Gasteiger partial charge in [0.2, 0.25) is 0 Å². The quantitative estimate of drug-likeness (QED) is 0.861. The van der Waals surface area contributed by atoms with E-state index in [1.165, 1.54) is 12.8 Å². The Bertz CT molecular complexity index is 483. The fourth-order valence-electron chi connectivity index (χ4n) is 2.69. The van der Waals surface area contributed by atoms with Crippen molar-refractivity contribution in [2.75, 3.05) is 31.1 Å². The highest BCUT2D eigenvalue weighted by molar-refractivity contribution is 5.38. The van der Waals surface area contributed by atoms with Crippen molar-refractivity contribution in [1.29, 1.82) is 0 Å². The Kier molecular flexibility index (Phi) is 5.17. The van der Waals surface area contributed by atoms with Crippen LogP contribution in [0.1, 0.15) is 45.4 Å². The van der Waals surface area contributed by atoms with E-state index in [-0.39, 0.29) is 11.5 Å². The predicted octanol–water partition coefficient (Wildman–Crippen LogP) is 1.72. The molecule has 1 fully saturated rings. The van der Waals surface area contributed by atoms with E-state index in [1.807, 2.05) is 13.8 Å². The Morgan fingerprint density at radius 2 is 2.35 bits per heavy atom. The van der Waals surface area contributed by atoms with Crippen molar-refractivity contribution in [3.8, 4) is 0 Å². The van der Waals surface area contributed by atoms with Crippen LogP contribution in [-0.4, -0.2) is 36.1 Å². The zero-order valence-corrected chi connectivity index (χ0v) is 12.8. The van der Waals surface area contributed by atoms with Crippen molar-refractivity contribution < 1.29 is 0 Å². The Balaban J connectivity index is 2.12. The van der Waals surface area contributed by atoms with Crippen molar-refractivity contribution in [1.82, 2.24) is 15.3 Å². The van der Waals surface area contributed by atoms with Crippen LogP contribution in [0.5, 0.6) is 0 Å². The fraction of sp³-hybridized carbons (Fsp3) is 0.733. The minimum Gasteiger partial charge on any atom is -0.356 e. The summed E-state index contributed by atoms with van der Waals surface area (Å²) in [6, 6.07) is 1.63. The molecule has 2 N–H and O–H groups in total. The molecular formula is C15H26N4O. The summed E-state index contributed by atoms with van der Waals surface area (Å²) in [6.07, 6.45) is 2.42. The number of H-pyrrole nitrogens is 1. The first-order valence-corrected chi connectivity index (χ1v) is 7.67. The van der Waals surface area contributed by atoms with Gasteiger partial charge in [0.1, 0.15) is 11.6 Å². The maximum atomic E-state index is 11.8. The summed E-state index contributed by atoms with van der Waals surface area (Å²) in [5.41, 5.74) is -0.0486. The molecule has 1 atom stereocenters. The Labute approximate surface area is 120 Å². The van der Waals surface area contributed by atoms with Gasteiger partial charge in [0.25, 0.3) is 5.56 Å². The van der Waals surface area contributed by atoms with Gasteiger partial charge in [-0.25, -0.2) is 4.98 Å². The van der Waals surface area contributed by atoms with Crippen LogP contribution < -0.4 is 15.8 Å². The molecule has 0 radical (unpaired) electrons. The monoisotopic (exact) mass is 278 g/mol. The molecule has 5 heteroatoms. The number of aromatic amines is 1. The smallest absolute Gasteiger partial charge is 0.252 e. The first-order chi connectivity index (χ1) is 9.60. The largest absolute Gasteiger partial charge is 0.356 e. The molecule has 20 heavy (non-hydrogen) atoms. The second-order valence-electron chi connectivity index (χ2n) is 5.91. The number of nitrogens with zero attached hydrogens (tertiary/aromatic N) is 2. The van der Waals surface area contributed by atoms with Crippen molar-refractivity contribution in [2.45, 2.75) is 39.5 Å². The summed E-state index contributed by atoms with van der Waals surface area (Å²) in [7, 11) is 0. The highest BCUT2D eigenvalue weighted by atomic mass is 16.1. The Hall–Kier alpha value is -1.36. The highest BCUT2D eigenvalue weighted by Crippen LogP contribution is 2.21. The summed E-state index contributed by atoms with van der Waals surface area (Å²) < 4.78 is 0. The predicted molar refractivity (Wildman–Crippen MR) is 82.4 cm³/mol. The molecule has 5 nitrogen and oxygen atoms in total. The van der Waals surface area contributed by atoms with E-state index in [9.17, 15) is 4.79 Å². The van der Waals surface area contributed by atoms with Crippen LogP contribution >= 0.6 is 0 Å². The molecule has 1 saturated heterocycles. The van der Waals surface area contributed by atoms with E-state index >= 15 is 0 Å². The number of aromatic nitrogens is 2. The number of hydrogen-bond acceptors (Lipinski definition) is 4. The summed E-state index contributed by atoms with van der Waals surface area (Å²) in [5, 5.41) is 3.42. The van der Waals surface area contributed by atoms with Gasteiger partial charge in [-0.05, 0) is 31.8 Å². The van der Waals surface area contributed by atoms with Gasteiger partial charge in [0, 0.05) is 25.1 Å². The van der Waals surface area contributed by atoms with Crippen molar-refractivity contribution in [2.24, 2.45) is 5.92 Å². The van der Waals surface area contributed by atoms with Gasteiger partial charge >= 0.3 is 0 Å². The van der Waals surface area contributed by atoms with Crippen molar-refractivity contribution in [3.05, 3.63) is 22.2 Å². The molecule has 1 aliphatic heterocycles. The summed E-state index contributed by atoms with van der Waals surface area (Å²) in [5.74, 6) is 2.50. The Morgan fingerprint density at radius 1 is 1.55 bits per heavy atom. The maximum absolute atomic E-state index is 11.8. The lowest BCUT2D eigenvalue weighted by atomic mass is 9.98. The minimum absolute atomic E-state index is 0.0486. The SMILES string of the molecule is CCNCC1CCCN(c2cc(=O)[nH]c(C(C)C)n2)C1. The van der Waals surface area contributed by atoms with Crippen molar-refractivity contribution in [3.63, 3.8) is 0 Å². The Morgan fingerprint density at radius 3 is 3.05 bits per heavy atom. The van der Waals surface area contributed by atoms with Gasteiger partial charge in [0.05, 0.1) is 0 Å². The third-order valence-corrected chi connectivity index (χ3v) is 3.82. The zero-order valence-electron chi connectivity index (χ0n) is 12.8. The van der Waals surface area contributed by atoms with E-state index < -0.39 is 0 Å². The molecule has 0 aliphatic carbocycles. The van der Waals surface area contributed by atoms with E-state index in [2.05, 4.69) is 27.1 Å². The van der Waals surface area contributed by atoms with Crippen LogP contribution in [0.3, 0.4) is 0 Å². The lowest BCUT2D eigenvalue weighted by Gasteiger charge is -2.33. The van der Waals surface area contributed by atoms with Gasteiger partial charge < -0.3 is 15.2 Å². The summed E-state index contributed by atoms with van der Waals surface area (Å²) in [4.78, 5) is 21.5. The van der Waals surface area contributed by atoms with Gasteiger partial charge in [-0.3, -0.25) is 4.79 Å². The van der Waals surface area contributed by atoms with Gasteiger partial charge in [-0.15, -0.1) is 0 Å². The summed E-state index contributed by atoms with van der Waals surface area (Å²) >= 11 is 0. The van der Waals surface area contributed by atoms with Gasteiger partial charge in [0.15, 0.2) is 0 Å². The number of hydrogen-bond donors (Lipinski definition) is 2. The van der Waals surface area contributed by atoms with E-state index in [4.69, 9.17) is 0 Å². The number of nitrogens with one attached hydrogen (secondary N) is 2. The lowest BCUT2D eigenvalue weighted by Crippen LogP contribution is -2.40. The van der Waals surface area contributed by atoms with Gasteiger partial charge in [-0.2, -0.15) is 0 Å². The molecule has 0 amide bonds. The molecule has 0 saturated carbocycles. The third-order valence-electron chi connectivity index (χ3n) is 3.82. The molecule has 1 aliphatic rings. The normalized spacial score (nSPS) is 19.6. The molecule has 2 rings (SSSR count). The average Bonchev–Trinajstić information content (AvgIpc) is 2.44.